The average molecular weight is 382 g/mol. The Morgan fingerprint density at radius 1 is 1.29 bits per heavy atom. The Balaban J connectivity index is 1.37. The van der Waals surface area contributed by atoms with E-state index in [1.54, 1.807) is 5.06 Å². The third kappa shape index (κ3) is 2.80. The summed E-state index contributed by atoms with van der Waals surface area (Å²) >= 11 is 0. The molecule has 148 valence electrons. The van der Waals surface area contributed by atoms with Gasteiger partial charge in [-0.2, -0.15) is 5.06 Å². The molecular formula is C21H26N4O3. The summed E-state index contributed by atoms with van der Waals surface area (Å²) in [4.78, 5) is 21.0. The van der Waals surface area contributed by atoms with Crippen LogP contribution in [0, 0.1) is 5.41 Å². The SMILES string of the molecule is CC[C@@H](C)c1nnc([C@@H]2CC3(CC3)[C@@H]3CN2C(=O)N3OCc2ccccc2)o1. The molecule has 3 fully saturated rings. The van der Waals surface area contributed by atoms with E-state index < -0.39 is 0 Å². The molecule has 7 nitrogen and oxygen atoms in total. The van der Waals surface area contributed by atoms with E-state index in [-0.39, 0.29) is 29.4 Å². The molecule has 0 radical (unpaired) electrons. The van der Waals surface area contributed by atoms with Crippen molar-refractivity contribution in [1.29, 1.82) is 0 Å². The number of hydrogen-bond acceptors (Lipinski definition) is 5. The summed E-state index contributed by atoms with van der Waals surface area (Å²) < 4.78 is 5.98. The summed E-state index contributed by atoms with van der Waals surface area (Å²) in [5.41, 5.74) is 1.18. The van der Waals surface area contributed by atoms with Crippen molar-refractivity contribution in [2.24, 2.45) is 5.41 Å². The second-order valence-electron chi connectivity index (χ2n) is 8.41. The summed E-state index contributed by atoms with van der Waals surface area (Å²) in [5, 5.41) is 10.2. The highest BCUT2D eigenvalue weighted by Crippen LogP contribution is 2.61. The number of hydroxylamine groups is 2. The number of carbonyl (C=O) groups excluding carboxylic acids is 1. The molecule has 1 saturated carbocycles. The van der Waals surface area contributed by atoms with Gasteiger partial charge in [0, 0.05) is 12.5 Å². The van der Waals surface area contributed by atoms with Crippen LogP contribution in [0.5, 0.6) is 0 Å². The number of hydrogen-bond donors (Lipinski definition) is 0. The second kappa shape index (κ2) is 6.58. The zero-order chi connectivity index (χ0) is 19.3. The quantitative estimate of drug-likeness (QED) is 0.754. The summed E-state index contributed by atoms with van der Waals surface area (Å²) in [7, 11) is 0. The number of rotatable bonds is 6. The molecule has 2 aliphatic heterocycles. The monoisotopic (exact) mass is 382 g/mol. The molecular weight excluding hydrogens is 356 g/mol. The summed E-state index contributed by atoms with van der Waals surface area (Å²) in [6.07, 6.45) is 4.05. The van der Waals surface area contributed by atoms with E-state index in [1.807, 2.05) is 35.2 Å². The van der Waals surface area contributed by atoms with E-state index in [0.717, 1.165) is 31.2 Å². The first-order valence-corrected chi connectivity index (χ1v) is 10.2. The van der Waals surface area contributed by atoms with Gasteiger partial charge in [0.15, 0.2) is 0 Å². The van der Waals surface area contributed by atoms with Gasteiger partial charge in [0.1, 0.15) is 12.6 Å². The number of aromatic nitrogens is 2. The number of fused-ring (bicyclic) bond motifs is 3. The van der Waals surface area contributed by atoms with Crippen molar-refractivity contribution < 1.29 is 14.0 Å². The minimum atomic E-state index is -0.151. The first-order chi connectivity index (χ1) is 13.6. The van der Waals surface area contributed by atoms with Gasteiger partial charge < -0.3 is 9.32 Å². The van der Waals surface area contributed by atoms with Crippen molar-refractivity contribution >= 4 is 6.03 Å². The van der Waals surface area contributed by atoms with Crippen LogP contribution in [0.4, 0.5) is 4.79 Å². The van der Waals surface area contributed by atoms with Gasteiger partial charge in [-0.1, -0.05) is 44.2 Å². The normalized spacial score (nSPS) is 26.1. The van der Waals surface area contributed by atoms with Crippen molar-refractivity contribution in [2.45, 2.75) is 64.1 Å². The molecule has 2 aromatic rings. The van der Waals surface area contributed by atoms with Crippen LogP contribution in [-0.2, 0) is 11.4 Å². The molecule has 3 atom stereocenters. The van der Waals surface area contributed by atoms with E-state index in [9.17, 15) is 4.79 Å². The molecule has 5 rings (SSSR count). The van der Waals surface area contributed by atoms with Gasteiger partial charge in [0.25, 0.3) is 0 Å². The number of benzene rings is 1. The number of carbonyl (C=O) groups is 1. The molecule has 28 heavy (non-hydrogen) atoms. The van der Waals surface area contributed by atoms with Crippen LogP contribution >= 0.6 is 0 Å². The molecule has 2 saturated heterocycles. The Hall–Kier alpha value is -2.41. The number of amides is 2. The molecule has 7 heteroatoms. The minimum Gasteiger partial charge on any atom is -0.423 e. The average Bonchev–Trinajstić information content (AvgIpc) is 3.20. The highest BCUT2D eigenvalue weighted by molar-refractivity contribution is 5.77. The predicted octanol–water partition coefficient (Wildman–Crippen LogP) is 4.05. The number of nitrogens with zero attached hydrogens (tertiary/aromatic N) is 4. The lowest BCUT2D eigenvalue weighted by Crippen LogP contribution is -2.42. The number of urea groups is 1. The second-order valence-corrected chi connectivity index (χ2v) is 8.41. The number of piperidine rings is 1. The van der Waals surface area contributed by atoms with Crippen molar-refractivity contribution in [2.75, 3.05) is 6.54 Å². The fourth-order valence-electron chi connectivity index (χ4n) is 4.47. The zero-order valence-corrected chi connectivity index (χ0v) is 16.4. The zero-order valence-electron chi connectivity index (χ0n) is 16.4. The molecule has 3 aliphatic rings. The van der Waals surface area contributed by atoms with Crippen molar-refractivity contribution in [3.63, 3.8) is 0 Å². The van der Waals surface area contributed by atoms with Crippen LogP contribution in [0.3, 0.4) is 0 Å². The van der Waals surface area contributed by atoms with Crippen LogP contribution in [-0.4, -0.2) is 38.8 Å². The molecule has 1 aromatic carbocycles. The van der Waals surface area contributed by atoms with Gasteiger partial charge in [-0.25, -0.2) is 4.79 Å². The molecule has 1 spiro atoms. The topological polar surface area (TPSA) is 71.7 Å². The standard InChI is InChI=1S/C21H26N4O3/c1-3-14(2)18-22-23-19(28-18)16-11-21(9-10-21)17-12-24(16)20(26)25(17)27-13-15-7-5-4-6-8-15/h4-8,14,16-17H,3,9-13H2,1-2H3/t14-,16+,17+/m1/s1. The molecule has 3 heterocycles. The van der Waals surface area contributed by atoms with Gasteiger partial charge in [0.2, 0.25) is 11.8 Å². The Bertz CT molecular complexity index is 864. The molecule has 1 aliphatic carbocycles. The highest BCUT2D eigenvalue weighted by atomic mass is 16.7. The van der Waals surface area contributed by atoms with E-state index in [0.29, 0.717) is 24.9 Å². The molecule has 0 unspecified atom stereocenters. The third-order valence-corrected chi connectivity index (χ3v) is 6.65. The lowest BCUT2D eigenvalue weighted by Gasteiger charge is -2.35. The maximum absolute atomic E-state index is 13.1. The predicted molar refractivity (Wildman–Crippen MR) is 101 cm³/mol. The Morgan fingerprint density at radius 3 is 2.79 bits per heavy atom. The van der Waals surface area contributed by atoms with Crippen molar-refractivity contribution in [3.8, 4) is 0 Å². The Kier molecular flexibility index (Phi) is 4.16. The first kappa shape index (κ1) is 17.7. The van der Waals surface area contributed by atoms with Crippen LogP contribution in [0.15, 0.2) is 34.7 Å². The largest absolute Gasteiger partial charge is 0.423 e. The molecule has 0 N–H and O–H groups in total. The first-order valence-electron chi connectivity index (χ1n) is 10.2. The van der Waals surface area contributed by atoms with Crippen LogP contribution < -0.4 is 0 Å². The Labute approximate surface area is 164 Å². The third-order valence-electron chi connectivity index (χ3n) is 6.65. The van der Waals surface area contributed by atoms with Crippen molar-refractivity contribution in [1.82, 2.24) is 20.2 Å². The van der Waals surface area contributed by atoms with Crippen LogP contribution in [0.1, 0.15) is 68.8 Å². The summed E-state index contributed by atoms with van der Waals surface area (Å²) in [6, 6.07) is 9.83. The minimum absolute atomic E-state index is 0.0852. The van der Waals surface area contributed by atoms with Gasteiger partial charge in [-0.15, -0.1) is 10.2 Å². The fourth-order valence-corrected chi connectivity index (χ4v) is 4.47. The maximum Gasteiger partial charge on any atom is 0.345 e. The smallest absolute Gasteiger partial charge is 0.345 e. The van der Waals surface area contributed by atoms with E-state index >= 15 is 0 Å². The van der Waals surface area contributed by atoms with Crippen molar-refractivity contribution in [3.05, 3.63) is 47.7 Å². The summed E-state index contributed by atoms with van der Waals surface area (Å²) in [6.45, 7) is 5.25. The van der Waals surface area contributed by atoms with Gasteiger partial charge >= 0.3 is 6.03 Å². The lowest BCUT2D eigenvalue weighted by atomic mass is 9.85. The van der Waals surface area contributed by atoms with Gasteiger partial charge in [-0.05, 0) is 36.7 Å². The van der Waals surface area contributed by atoms with Crippen LogP contribution in [0.2, 0.25) is 0 Å². The van der Waals surface area contributed by atoms with Gasteiger partial charge in [0.05, 0.1) is 6.04 Å². The van der Waals surface area contributed by atoms with Gasteiger partial charge in [-0.3, -0.25) is 4.84 Å². The van der Waals surface area contributed by atoms with Crippen LogP contribution in [0.25, 0.3) is 0 Å². The highest BCUT2D eigenvalue weighted by Gasteiger charge is 2.64. The molecule has 2 bridgehead atoms. The van der Waals surface area contributed by atoms with E-state index in [2.05, 4.69) is 24.0 Å². The lowest BCUT2D eigenvalue weighted by molar-refractivity contribution is -0.153. The molecule has 2 amide bonds. The maximum atomic E-state index is 13.1. The fraction of sp³-hybridized carbons (Fsp3) is 0.571. The van der Waals surface area contributed by atoms with E-state index in [4.69, 9.17) is 9.25 Å². The summed E-state index contributed by atoms with van der Waals surface area (Å²) in [5.74, 6) is 1.46. The molecule has 1 aromatic heterocycles. The van der Waals surface area contributed by atoms with E-state index in [1.165, 1.54) is 0 Å². The Morgan fingerprint density at radius 2 is 2.07 bits per heavy atom.